The lowest BCUT2D eigenvalue weighted by molar-refractivity contribution is 0.0600. The van der Waals surface area contributed by atoms with Gasteiger partial charge in [0.25, 0.3) is 5.91 Å². The molecule has 1 N–H and O–H groups in total. The number of carbonyl (C=O) groups excluding carboxylic acids is 1. The molecule has 0 unspecified atom stereocenters. The molecule has 18 heavy (non-hydrogen) atoms. The Morgan fingerprint density at radius 1 is 1.39 bits per heavy atom. The fourth-order valence-electron chi connectivity index (χ4n) is 2.59. The molecule has 2 aliphatic rings. The molecule has 1 aromatic carbocycles. The minimum atomic E-state index is -0.467. The van der Waals surface area contributed by atoms with Gasteiger partial charge in [0, 0.05) is 30.2 Å². The minimum Gasteiger partial charge on any atom is -0.330 e. The maximum Gasteiger partial charge on any atom is 0.254 e. The van der Waals surface area contributed by atoms with Gasteiger partial charge >= 0.3 is 0 Å². The first-order chi connectivity index (χ1) is 8.61. The number of amides is 1. The van der Waals surface area contributed by atoms with Crippen molar-refractivity contribution in [2.45, 2.75) is 18.4 Å². The van der Waals surface area contributed by atoms with Crippen molar-refractivity contribution in [1.29, 1.82) is 0 Å². The molecule has 1 aromatic rings. The summed E-state index contributed by atoms with van der Waals surface area (Å²) in [6.07, 6.45) is 2.05. The number of benzene rings is 1. The normalized spacial score (nSPS) is 21.1. The van der Waals surface area contributed by atoms with Crippen LogP contribution in [0, 0.1) is 5.82 Å². The molecule has 1 saturated carbocycles. The summed E-state index contributed by atoms with van der Waals surface area (Å²) in [4.78, 5) is 14.3. The first-order valence-corrected chi connectivity index (χ1v) is 6.47. The zero-order valence-electron chi connectivity index (χ0n) is 9.88. The predicted octanol–water partition coefficient (Wildman–Crippen LogP) is 2.06. The Bertz CT molecular complexity index is 482. The lowest BCUT2D eigenvalue weighted by Gasteiger charge is -2.36. The number of piperazine rings is 1. The number of carbonyl (C=O) groups is 1. The van der Waals surface area contributed by atoms with Gasteiger partial charge in [0.2, 0.25) is 0 Å². The van der Waals surface area contributed by atoms with Gasteiger partial charge in [-0.05, 0) is 31.0 Å². The summed E-state index contributed by atoms with van der Waals surface area (Å²) in [5.74, 6) is -0.582. The van der Waals surface area contributed by atoms with E-state index >= 15 is 0 Å². The minimum absolute atomic E-state index is 0.0336. The topological polar surface area (TPSA) is 32.3 Å². The predicted molar refractivity (Wildman–Crippen MR) is 67.3 cm³/mol. The van der Waals surface area contributed by atoms with Crippen molar-refractivity contribution in [3.8, 4) is 0 Å². The molecule has 5 heteroatoms. The van der Waals surface area contributed by atoms with Crippen molar-refractivity contribution in [3.63, 3.8) is 0 Å². The number of hydrogen-bond donors (Lipinski definition) is 1. The van der Waals surface area contributed by atoms with E-state index < -0.39 is 5.82 Å². The lowest BCUT2D eigenvalue weighted by atomic mass is 10.1. The highest BCUT2D eigenvalue weighted by Crippen LogP contribution is 2.43. The van der Waals surface area contributed by atoms with Crippen LogP contribution in [0.25, 0.3) is 0 Å². The molecule has 2 fully saturated rings. The van der Waals surface area contributed by atoms with Crippen molar-refractivity contribution in [2.24, 2.45) is 0 Å². The van der Waals surface area contributed by atoms with Crippen molar-refractivity contribution in [1.82, 2.24) is 10.2 Å². The molecule has 96 valence electrons. The van der Waals surface area contributed by atoms with Crippen LogP contribution in [0.2, 0.25) is 5.02 Å². The van der Waals surface area contributed by atoms with Gasteiger partial charge in [-0.15, -0.1) is 0 Å². The van der Waals surface area contributed by atoms with Crippen molar-refractivity contribution >= 4 is 17.5 Å². The van der Waals surface area contributed by atoms with Crippen molar-refractivity contribution < 1.29 is 9.18 Å². The highest BCUT2D eigenvalue weighted by molar-refractivity contribution is 6.31. The Labute approximate surface area is 110 Å². The average molecular weight is 269 g/mol. The average Bonchev–Trinajstić information content (AvgIpc) is 3.08. The van der Waals surface area contributed by atoms with Gasteiger partial charge in [-0.25, -0.2) is 4.39 Å². The van der Waals surface area contributed by atoms with Gasteiger partial charge in [-0.1, -0.05) is 11.6 Å². The smallest absolute Gasteiger partial charge is 0.254 e. The fraction of sp³-hybridized carbons (Fsp3) is 0.462. The lowest BCUT2D eigenvalue weighted by Crippen LogP contribution is -2.55. The summed E-state index contributed by atoms with van der Waals surface area (Å²) < 4.78 is 13.3. The summed E-state index contributed by atoms with van der Waals surface area (Å²) in [7, 11) is 0. The second kappa shape index (κ2) is 4.21. The Hall–Kier alpha value is -1.13. The molecule has 0 aromatic heterocycles. The largest absolute Gasteiger partial charge is 0.330 e. The van der Waals surface area contributed by atoms with E-state index in [4.69, 9.17) is 11.6 Å². The van der Waals surface area contributed by atoms with E-state index in [1.165, 1.54) is 18.2 Å². The Kier molecular flexibility index (Phi) is 2.79. The number of nitrogens with zero attached hydrogens (tertiary/aromatic N) is 1. The SMILES string of the molecule is O=C(c1cc(F)cc(Cl)c1)N1CCNCC12CC2. The van der Waals surface area contributed by atoms with Gasteiger partial charge in [-0.3, -0.25) is 4.79 Å². The number of nitrogens with one attached hydrogen (secondary N) is 1. The molecule has 1 amide bonds. The molecule has 3 rings (SSSR count). The molecule has 1 heterocycles. The molecule has 0 bridgehead atoms. The van der Waals surface area contributed by atoms with Crippen LogP contribution in [0.3, 0.4) is 0 Å². The molecular formula is C13H14ClFN2O. The summed E-state index contributed by atoms with van der Waals surface area (Å²) in [5, 5.41) is 3.56. The third-order valence-electron chi connectivity index (χ3n) is 3.72. The Balaban J connectivity index is 1.89. The summed E-state index contributed by atoms with van der Waals surface area (Å²) in [6, 6.07) is 4.00. The first-order valence-electron chi connectivity index (χ1n) is 6.10. The van der Waals surface area contributed by atoms with Crippen LogP contribution in [-0.4, -0.2) is 36.0 Å². The van der Waals surface area contributed by atoms with E-state index in [0.717, 1.165) is 25.9 Å². The number of halogens is 2. The maximum absolute atomic E-state index is 13.3. The molecular weight excluding hydrogens is 255 g/mol. The van der Waals surface area contributed by atoms with Crippen LogP contribution in [0.4, 0.5) is 4.39 Å². The second-order valence-corrected chi connectivity index (χ2v) is 5.45. The van der Waals surface area contributed by atoms with Crippen molar-refractivity contribution in [3.05, 3.63) is 34.6 Å². The molecule has 1 aliphatic carbocycles. The van der Waals surface area contributed by atoms with E-state index in [1.54, 1.807) is 0 Å². The van der Waals surface area contributed by atoms with E-state index in [2.05, 4.69) is 5.32 Å². The van der Waals surface area contributed by atoms with E-state index in [9.17, 15) is 9.18 Å². The zero-order valence-corrected chi connectivity index (χ0v) is 10.6. The van der Waals surface area contributed by atoms with E-state index in [1.807, 2.05) is 4.90 Å². The van der Waals surface area contributed by atoms with Gasteiger partial charge in [0.05, 0.1) is 5.54 Å². The van der Waals surface area contributed by atoms with Crippen molar-refractivity contribution in [2.75, 3.05) is 19.6 Å². The molecule has 1 aliphatic heterocycles. The maximum atomic E-state index is 13.3. The number of hydrogen-bond acceptors (Lipinski definition) is 2. The van der Waals surface area contributed by atoms with Crippen LogP contribution in [-0.2, 0) is 0 Å². The third-order valence-corrected chi connectivity index (χ3v) is 3.94. The van der Waals surface area contributed by atoms with E-state index in [0.29, 0.717) is 12.1 Å². The first kappa shape index (κ1) is 11.9. The molecule has 1 spiro atoms. The van der Waals surface area contributed by atoms with Gasteiger partial charge in [-0.2, -0.15) is 0 Å². The molecule has 1 saturated heterocycles. The van der Waals surface area contributed by atoms with Crippen LogP contribution in [0.5, 0.6) is 0 Å². The molecule has 0 atom stereocenters. The third kappa shape index (κ3) is 1.99. The highest BCUT2D eigenvalue weighted by atomic mass is 35.5. The summed E-state index contributed by atoms with van der Waals surface area (Å²) in [6.45, 7) is 2.30. The Morgan fingerprint density at radius 3 is 2.83 bits per heavy atom. The molecule has 0 radical (unpaired) electrons. The van der Waals surface area contributed by atoms with Crippen LogP contribution in [0.15, 0.2) is 18.2 Å². The van der Waals surface area contributed by atoms with Gasteiger partial charge in [0.1, 0.15) is 5.82 Å². The van der Waals surface area contributed by atoms with E-state index in [-0.39, 0.29) is 16.5 Å². The Morgan fingerprint density at radius 2 is 2.17 bits per heavy atom. The van der Waals surface area contributed by atoms with Crippen LogP contribution < -0.4 is 5.32 Å². The number of rotatable bonds is 1. The molecule has 3 nitrogen and oxygen atoms in total. The monoisotopic (exact) mass is 268 g/mol. The van der Waals surface area contributed by atoms with Gasteiger partial charge in [0.15, 0.2) is 0 Å². The summed E-state index contributed by atoms with van der Waals surface area (Å²) >= 11 is 5.80. The summed E-state index contributed by atoms with van der Waals surface area (Å²) in [5.41, 5.74) is 0.307. The fourth-order valence-corrected chi connectivity index (χ4v) is 2.81. The van der Waals surface area contributed by atoms with Crippen LogP contribution in [0.1, 0.15) is 23.2 Å². The van der Waals surface area contributed by atoms with Gasteiger partial charge < -0.3 is 10.2 Å². The standard InChI is InChI=1S/C13H14ClFN2O/c14-10-5-9(6-11(15)7-10)12(18)17-4-3-16-8-13(17)1-2-13/h5-7,16H,1-4,8H2. The second-order valence-electron chi connectivity index (χ2n) is 5.02. The quantitative estimate of drug-likeness (QED) is 0.846. The van der Waals surface area contributed by atoms with Crippen LogP contribution >= 0.6 is 11.6 Å². The highest BCUT2D eigenvalue weighted by Gasteiger charge is 2.51. The zero-order chi connectivity index (χ0) is 12.8.